The number of anilines is 1. The highest BCUT2D eigenvalue weighted by Crippen LogP contribution is 2.35. The SMILES string of the molecule is CCN(C)c1ccc(C(F)(F)F)cc1C(=O)N=c1sc(C(C)(C)C)c(C)n1CC1CC1. The zero-order valence-electron chi connectivity index (χ0n) is 18.9. The van der Waals surface area contributed by atoms with Crippen LogP contribution in [0.25, 0.3) is 0 Å². The van der Waals surface area contributed by atoms with Gasteiger partial charge in [0.05, 0.1) is 11.1 Å². The second-order valence-corrected chi connectivity index (χ2v) is 10.2. The van der Waals surface area contributed by atoms with Gasteiger partial charge in [-0.3, -0.25) is 4.79 Å². The number of hydrogen-bond acceptors (Lipinski definition) is 3. The molecule has 31 heavy (non-hydrogen) atoms. The van der Waals surface area contributed by atoms with Crippen molar-refractivity contribution in [2.45, 2.75) is 65.6 Å². The van der Waals surface area contributed by atoms with Gasteiger partial charge in [0.1, 0.15) is 0 Å². The van der Waals surface area contributed by atoms with Crippen molar-refractivity contribution >= 4 is 22.9 Å². The third-order valence-corrected chi connectivity index (χ3v) is 7.22. The van der Waals surface area contributed by atoms with Crippen LogP contribution in [0, 0.1) is 12.8 Å². The summed E-state index contributed by atoms with van der Waals surface area (Å²) in [7, 11) is 1.75. The zero-order valence-corrected chi connectivity index (χ0v) is 19.7. The van der Waals surface area contributed by atoms with Crippen LogP contribution in [-0.2, 0) is 18.1 Å². The minimum absolute atomic E-state index is 0.0273. The van der Waals surface area contributed by atoms with Crippen molar-refractivity contribution in [3.8, 4) is 0 Å². The molecule has 0 spiro atoms. The molecule has 2 aromatic rings. The second kappa shape index (κ2) is 8.45. The number of thiazole rings is 1. The summed E-state index contributed by atoms with van der Waals surface area (Å²) in [4.78, 5) is 21.0. The van der Waals surface area contributed by atoms with E-state index in [4.69, 9.17) is 0 Å². The lowest BCUT2D eigenvalue weighted by molar-refractivity contribution is -0.137. The monoisotopic (exact) mass is 453 g/mol. The Labute approximate surface area is 185 Å². The molecule has 0 saturated heterocycles. The van der Waals surface area contributed by atoms with Gasteiger partial charge in [-0.15, -0.1) is 11.3 Å². The number of rotatable bonds is 5. The number of aromatic nitrogens is 1. The summed E-state index contributed by atoms with van der Waals surface area (Å²) in [6.07, 6.45) is -2.22. The summed E-state index contributed by atoms with van der Waals surface area (Å²) >= 11 is 1.46. The Bertz CT molecular complexity index is 1040. The Kier molecular flexibility index (Phi) is 6.42. The van der Waals surface area contributed by atoms with Crippen molar-refractivity contribution in [1.29, 1.82) is 0 Å². The van der Waals surface area contributed by atoms with Gasteiger partial charge in [0, 0.05) is 36.4 Å². The number of benzene rings is 1. The maximum Gasteiger partial charge on any atom is 0.416 e. The van der Waals surface area contributed by atoms with Crippen molar-refractivity contribution in [2.24, 2.45) is 10.9 Å². The van der Waals surface area contributed by atoms with E-state index in [1.54, 1.807) is 11.9 Å². The summed E-state index contributed by atoms with van der Waals surface area (Å²) < 4.78 is 42.0. The Morgan fingerprint density at radius 1 is 1.26 bits per heavy atom. The van der Waals surface area contributed by atoms with E-state index in [-0.39, 0.29) is 11.0 Å². The van der Waals surface area contributed by atoms with E-state index in [0.717, 1.165) is 42.1 Å². The van der Waals surface area contributed by atoms with Crippen LogP contribution in [0.5, 0.6) is 0 Å². The summed E-state index contributed by atoms with van der Waals surface area (Å²) in [6.45, 7) is 11.6. The van der Waals surface area contributed by atoms with E-state index < -0.39 is 17.6 Å². The number of carbonyl (C=O) groups is 1. The molecule has 1 aliphatic rings. The van der Waals surface area contributed by atoms with Crippen molar-refractivity contribution in [1.82, 2.24) is 4.57 Å². The van der Waals surface area contributed by atoms with Gasteiger partial charge in [-0.25, -0.2) is 0 Å². The van der Waals surface area contributed by atoms with Crippen molar-refractivity contribution in [3.05, 3.63) is 44.7 Å². The molecule has 0 unspecified atom stereocenters. The van der Waals surface area contributed by atoms with E-state index in [0.29, 0.717) is 23.0 Å². The molecule has 4 nitrogen and oxygen atoms in total. The third kappa shape index (κ3) is 5.22. The molecule has 170 valence electrons. The zero-order chi connectivity index (χ0) is 23.1. The van der Waals surface area contributed by atoms with E-state index in [1.165, 1.54) is 17.4 Å². The maximum absolute atomic E-state index is 13.3. The van der Waals surface area contributed by atoms with Crippen molar-refractivity contribution in [3.63, 3.8) is 0 Å². The maximum atomic E-state index is 13.3. The van der Waals surface area contributed by atoms with Crippen molar-refractivity contribution in [2.75, 3.05) is 18.5 Å². The van der Waals surface area contributed by atoms with Crippen LogP contribution in [0.15, 0.2) is 23.2 Å². The van der Waals surface area contributed by atoms with Gasteiger partial charge in [-0.05, 0) is 56.2 Å². The Morgan fingerprint density at radius 2 is 1.90 bits per heavy atom. The standard InChI is InChI=1S/C23H30F3N3OS/c1-7-28(6)18-11-10-16(23(24,25)26)12-17(18)20(30)27-21-29(13-15-8-9-15)14(2)19(31-21)22(3,4)5/h10-12,15H,7-9,13H2,1-6H3. The summed E-state index contributed by atoms with van der Waals surface area (Å²) in [6, 6.07) is 3.29. The molecule has 8 heteroatoms. The number of amides is 1. The first-order valence-corrected chi connectivity index (χ1v) is 11.4. The van der Waals surface area contributed by atoms with Gasteiger partial charge in [0.25, 0.3) is 5.91 Å². The van der Waals surface area contributed by atoms with E-state index in [9.17, 15) is 18.0 Å². The van der Waals surface area contributed by atoms with E-state index in [1.807, 2.05) is 13.8 Å². The van der Waals surface area contributed by atoms with E-state index in [2.05, 4.69) is 30.3 Å². The first kappa shape index (κ1) is 23.6. The van der Waals surface area contributed by atoms with Gasteiger partial charge in [-0.2, -0.15) is 18.2 Å². The molecule has 1 fully saturated rings. The lowest BCUT2D eigenvalue weighted by Crippen LogP contribution is -2.22. The predicted molar refractivity (Wildman–Crippen MR) is 119 cm³/mol. The lowest BCUT2D eigenvalue weighted by Gasteiger charge is -2.20. The third-order valence-electron chi connectivity index (χ3n) is 5.61. The molecule has 1 heterocycles. The van der Waals surface area contributed by atoms with Crippen molar-refractivity contribution < 1.29 is 18.0 Å². The fourth-order valence-corrected chi connectivity index (χ4v) is 4.77. The van der Waals surface area contributed by atoms with Crippen LogP contribution in [0.2, 0.25) is 0 Å². The molecule has 0 aliphatic heterocycles. The van der Waals surface area contributed by atoms with Crippen LogP contribution in [0.1, 0.15) is 67.0 Å². The van der Waals surface area contributed by atoms with Crippen LogP contribution in [-0.4, -0.2) is 24.1 Å². The number of halogens is 3. The summed E-state index contributed by atoms with van der Waals surface area (Å²) in [5.41, 5.74) is 0.539. The molecule has 0 N–H and O–H groups in total. The highest BCUT2D eigenvalue weighted by atomic mass is 32.1. The Hall–Kier alpha value is -2.09. The fourth-order valence-electron chi connectivity index (χ4n) is 3.57. The highest BCUT2D eigenvalue weighted by molar-refractivity contribution is 7.09. The van der Waals surface area contributed by atoms with Crippen LogP contribution in [0.3, 0.4) is 0 Å². The molecular weight excluding hydrogens is 423 g/mol. The average Bonchev–Trinajstić information content (AvgIpc) is 3.44. The van der Waals surface area contributed by atoms with Gasteiger partial charge in [0.15, 0.2) is 4.80 Å². The van der Waals surface area contributed by atoms with Gasteiger partial charge < -0.3 is 9.47 Å². The van der Waals surface area contributed by atoms with Gasteiger partial charge >= 0.3 is 6.18 Å². The number of nitrogens with zero attached hydrogens (tertiary/aromatic N) is 3. The molecule has 1 aliphatic carbocycles. The van der Waals surface area contributed by atoms with E-state index >= 15 is 0 Å². The molecule has 1 amide bonds. The highest BCUT2D eigenvalue weighted by Gasteiger charge is 2.32. The molecular formula is C23H30F3N3OS. The Balaban J connectivity index is 2.15. The second-order valence-electron chi connectivity index (χ2n) is 9.26. The minimum atomic E-state index is -4.52. The topological polar surface area (TPSA) is 37.6 Å². The first-order valence-electron chi connectivity index (χ1n) is 10.5. The smallest absolute Gasteiger partial charge is 0.374 e. The predicted octanol–water partition coefficient (Wildman–Crippen LogP) is 5.78. The average molecular weight is 454 g/mol. The van der Waals surface area contributed by atoms with Crippen LogP contribution >= 0.6 is 11.3 Å². The first-order chi connectivity index (χ1) is 14.3. The fraction of sp³-hybridized carbons (Fsp3) is 0.565. The quantitative estimate of drug-likeness (QED) is 0.575. The molecule has 3 rings (SSSR count). The normalized spacial score (nSPS) is 15.5. The molecule has 1 saturated carbocycles. The number of hydrogen-bond donors (Lipinski definition) is 0. The molecule has 0 atom stereocenters. The molecule has 0 radical (unpaired) electrons. The molecule has 1 aromatic carbocycles. The van der Waals surface area contributed by atoms with Crippen LogP contribution in [0.4, 0.5) is 18.9 Å². The minimum Gasteiger partial charge on any atom is -0.374 e. The Morgan fingerprint density at radius 3 is 2.42 bits per heavy atom. The lowest BCUT2D eigenvalue weighted by atomic mass is 9.93. The summed E-state index contributed by atoms with van der Waals surface area (Å²) in [5, 5.41) is 0. The molecule has 1 aromatic heterocycles. The van der Waals surface area contributed by atoms with Crippen LogP contribution < -0.4 is 9.70 Å². The largest absolute Gasteiger partial charge is 0.416 e. The number of alkyl halides is 3. The van der Waals surface area contributed by atoms with Gasteiger partial charge in [-0.1, -0.05) is 20.8 Å². The number of carbonyl (C=O) groups excluding carboxylic acids is 1. The molecule has 0 bridgehead atoms. The summed E-state index contributed by atoms with van der Waals surface area (Å²) in [5.74, 6) is -0.0711. The van der Waals surface area contributed by atoms with Gasteiger partial charge in [0.2, 0.25) is 0 Å².